The SMILES string of the molecule is CC(=O)[O-].CC[N+](CC)(CC(=O)Nc1c(C)cccc1C)Cc1ccccc1.CC[N+](CC)(CC(C)=Nc1c(C)cccc1C)Cc1ccccc1.O. The molecular formula is C45H65N4O4+. The highest BCUT2D eigenvalue weighted by Gasteiger charge is 2.28. The van der Waals surface area contributed by atoms with Gasteiger partial charge in [-0.15, -0.1) is 0 Å². The molecule has 0 fully saturated rings. The van der Waals surface area contributed by atoms with Crippen molar-refractivity contribution < 1.29 is 29.1 Å². The van der Waals surface area contributed by atoms with Crippen LogP contribution in [0.15, 0.2) is 102 Å². The number of aliphatic imine (C=N–C) groups is 1. The number of aliphatic carboxylic acids is 1. The van der Waals surface area contributed by atoms with Crippen LogP contribution in [0, 0.1) is 27.7 Å². The summed E-state index contributed by atoms with van der Waals surface area (Å²) in [6.45, 7) is 28.0. The van der Waals surface area contributed by atoms with Crippen LogP contribution >= 0.6 is 0 Å². The zero-order chi connectivity index (χ0) is 38.7. The number of quaternary nitrogens is 2. The molecule has 4 aromatic carbocycles. The second kappa shape index (κ2) is 23.1. The number of benzene rings is 4. The number of aryl methyl sites for hydroxylation is 4. The summed E-state index contributed by atoms with van der Waals surface area (Å²) in [5, 5.41) is 12.0. The Hall–Kier alpha value is -4.63. The molecule has 0 radical (unpaired) electrons. The van der Waals surface area contributed by atoms with Crippen LogP contribution in [-0.2, 0) is 22.7 Å². The minimum absolute atomic E-state index is 0. The van der Waals surface area contributed by atoms with Gasteiger partial charge < -0.3 is 29.7 Å². The van der Waals surface area contributed by atoms with Gasteiger partial charge in [0, 0.05) is 22.8 Å². The van der Waals surface area contributed by atoms with Crippen LogP contribution in [0.5, 0.6) is 0 Å². The number of carboxylic acids is 1. The summed E-state index contributed by atoms with van der Waals surface area (Å²) in [5.41, 5.74) is 10.7. The molecule has 0 saturated heterocycles. The van der Waals surface area contributed by atoms with Gasteiger partial charge in [0.15, 0.2) is 6.54 Å². The first-order chi connectivity index (χ1) is 24.7. The Bertz CT molecular complexity index is 1670. The van der Waals surface area contributed by atoms with Gasteiger partial charge in [-0.05, 0) is 91.5 Å². The van der Waals surface area contributed by atoms with Gasteiger partial charge in [0.25, 0.3) is 5.91 Å². The maximum Gasteiger partial charge on any atom is 0.279 e. The molecule has 0 atom stereocenters. The summed E-state index contributed by atoms with van der Waals surface area (Å²) >= 11 is 0. The van der Waals surface area contributed by atoms with Crippen LogP contribution in [0.1, 0.15) is 74.9 Å². The van der Waals surface area contributed by atoms with Crippen molar-refractivity contribution in [3.8, 4) is 0 Å². The van der Waals surface area contributed by atoms with Crippen LogP contribution < -0.4 is 10.4 Å². The smallest absolute Gasteiger partial charge is 0.279 e. The third-order valence-electron chi connectivity index (χ3n) is 9.94. The fraction of sp³-hybridized carbons (Fsp3) is 0.400. The van der Waals surface area contributed by atoms with Gasteiger partial charge in [0.1, 0.15) is 19.6 Å². The van der Waals surface area contributed by atoms with Crippen LogP contribution in [0.2, 0.25) is 0 Å². The summed E-state index contributed by atoms with van der Waals surface area (Å²) < 4.78 is 1.81. The van der Waals surface area contributed by atoms with E-state index in [1.54, 1.807) is 0 Å². The first-order valence-corrected chi connectivity index (χ1v) is 18.6. The molecule has 53 heavy (non-hydrogen) atoms. The summed E-state index contributed by atoms with van der Waals surface area (Å²) in [4.78, 5) is 26.6. The number of amides is 1. The molecule has 0 unspecified atom stereocenters. The van der Waals surface area contributed by atoms with Crippen LogP contribution in [0.25, 0.3) is 0 Å². The van der Waals surface area contributed by atoms with Crippen LogP contribution in [-0.4, -0.2) is 71.3 Å². The van der Waals surface area contributed by atoms with E-state index in [0.29, 0.717) is 6.54 Å². The Morgan fingerprint density at radius 3 is 1.32 bits per heavy atom. The number of para-hydroxylation sites is 2. The standard InChI is InChI=1S/C22H31N2.C21H28N2O.C2H4O2.H2O/c1-6-24(7-2,17-21-14-9-8-10-15-21)16-20(5)23-22-18(3)12-11-13-19(22)4;1-5-23(6-2,15-19-13-8-7-9-14-19)16-20(24)22-21-17(3)11-10-12-18(21)4;1-2(3)4;/h8-15H,6-7,16-17H2,1-5H3;7-14H,5-6,15-16H2,1-4H3;1H3,(H,3,4);1H2/q+1;;;. The number of rotatable bonds is 14. The molecule has 0 aliphatic carbocycles. The average Bonchev–Trinajstić information content (AvgIpc) is 3.12. The van der Waals surface area contributed by atoms with Crippen molar-refractivity contribution in [3.05, 3.63) is 130 Å². The minimum Gasteiger partial charge on any atom is -0.550 e. The zero-order valence-electron chi connectivity index (χ0n) is 34.0. The summed E-state index contributed by atoms with van der Waals surface area (Å²) in [6, 6.07) is 33.7. The number of anilines is 1. The largest absolute Gasteiger partial charge is 0.550 e. The second-order valence-electron chi connectivity index (χ2n) is 13.9. The van der Waals surface area contributed by atoms with Crippen molar-refractivity contribution in [3.63, 3.8) is 0 Å². The van der Waals surface area contributed by atoms with E-state index in [2.05, 4.69) is 127 Å². The quantitative estimate of drug-likeness (QED) is 0.106. The lowest BCUT2D eigenvalue weighted by Crippen LogP contribution is -2.51. The molecule has 288 valence electrons. The Morgan fingerprint density at radius 1 is 0.585 bits per heavy atom. The molecule has 0 spiro atoms. The number of hydrogen-bond acceptors (Lipinski definition) is 4. The average molecular weight is 726 g/mol. The van der Waals surface area contributed by atoms with Crippen LogP contribution in [0.4, 0.5) is 11.4 Å². The van der Waals surface area contributed by atoms with Crippen molar-refractivity contribution in [2.75, 3.05) is 44.6 Å². The van der Waals surface area contributed by atoms with Crippen molar-refractivity contribution in [1.82, 2.24) is 0 Å². The third-order valence-corrected chi connectivity index (χ3v) is 9.94. The topological polar surface area (TPSA) is 113 Å². The van der Waals surface area contributed by atoms with Crippen molar-refractivity contribution >= 4 is 29.0 Å². The van der Waals surface area contributed by atoms with E-state index >= 15 is 0 Å². The molecule has 4 rings (SSSR count). The second-order valence-corrected chi connectivity index (χ2v) is 13.9. The Balaban J connectivity index is 0.000000473. The lowest BCUT2D eigenvalue weighted by molar-refractivity contribution is -0.930. The number of hydrogen-bond donors (Lipinski definition) is 1. The number of carbonyl (C=O) groups is 2. The molecule has 0 aromatic heterocycles. The van der Waals surface area contributed by atoms with E-state index in [1.807, 2.05) is 38.1 Å². The molecule has 8 heteroatoms. The fourth-order valence-electron chi connectivity index (χ4n) is 6.58. The lowest BCUT2D eigenvalue weighted by Gasteiger charge is -2.37. The van der Waals surface area contributed by atoms with E-state index in [4.69, 9.17) is 14.9 Å². The van der Waals surface area contributed by atoms with Gasteiger partial charge in [-0.2, -0.15) is 0 Å². The van der Waals surface area contributed by atoms with Gasteiger partial charge in [-0.1, -0.05) is 97.1 Å². The molecule has 3 N–H and O–H groups in total. The summed E-state index contributed by atoms with van der Waals surface area (Å²) in [6.07, 6.45) is 0. The van der Waals surface area contributed by atoms with E-state index in [9.17, 15) is 4.79 Å². The lowest BCUT2D eigenvalue weighted by atomic mass is 10.1. The normalized spacial score (nSPS) is 11.2. The summed E-state index contributed by atoms with van der Waals surface area (Å²) in [7, 11) is 0. The van der Waals surface area contributed by atoms with E-state index in [0.717, 1.165) is 84.2 Å². The number of nitrogens with one attached hydrogen (secondary N) is 1. The first kappa shape index (κ1) is 46.4. The molecule has 0 bridgehead atoms. The highest BCUT2D eigenvalue weighted by Crippen LogP contribution is 2.25. The zero-order valence-corrected chi connectivity index (χ0v) is 34.0. The van der Waals surface area contributed by atoms with Crippen molar-refractivity contribution in [2.24, 2.45) is 4.99 Å². The van der Waals surface area contributed by atoms with Gasteiger partial charge in [-0.3, -0.25) is 9.79 Å². The monoisotopic (exact) mass is 726 g/mol. The molecule has 0 aliphatic heterocycles. The summed E-state index contributed by atoms with van der Waals surface area (Å²) in [5.74, 6) is -0.993. The van der Waals surface area contributed by atoms with E-state index in [-0.39, 0.29) is 11.4 Å². The highest BCUT2D eigenvalue weighted by molar-refractivity contribution is 5.93. The van der Waals surface area contributed by atoms with Gasteiger partial charge >= 0.3 is 0 Å². The Morgan fingerprint density at radius 2 is 0.943 bits per heavy atom. The van der Waals surface area contributed by atoms with Gasteiger partial charge in [0.05, 0.1) is 37.6 Å². The number of carbonyl (C=O) groups excluding carboxylic acids is 2. The molecular weight excluding hydrogens is 661 g/mol. The molecule has 4 aromatic rings. The van der Waals surface area contributed by atoms with Gasteiger partial charge in [-0.25, -0.2) is 0 Å². The Labute approximate surface area is 319 Å². The highest BCUT2D eigenvalue weighted by atomic mass is 16.4. The maximum atomic E-state index is 12.7. The number of likely N-dealkylation sites (N-methyl/N-ethyl adjacent to an activating group) is 1. The molecule has 0 saturated carbocycles. The fourth-order valence-corrected chi connectivity index (χ4v) is 6.58. The van der Waals surface area contributed by atoms with Crippen molar-refractivity contribution in [2.45, 2.75) is 82.3 Å². The molecule has 0 heterocycles. The first-order valence-electron chi connectivity index (χ1n) is 18.6. The van der Waals surface area contributed by atoms with E-state index in [1.165, 1.54) is 28.0 Å². The van der Waals surface area contributed by atoms with Crippen molar-refractivity contribution in [1.29, 1.82) is 0 Å². The van der Waals surface area contributed by atoms with Crippen LogP contribution in [0.3, 0.4) is 0 Å². The predicted molar refractivity (Wildman–Crippen MR) is 220 cm³/mol. The minimum atomic E-state index is -1.08. The molecule has 8 nitrogen and oxygen atoms in total. The molecule has 0 aliphatic rings. The predicted octanol–water partition coefficient (Wildman–Crippen LogP) is 7.68. The van der Waals surface area contributed by atoms with Gasteiger partial charge in [0.2, 0.25) is 0 Å². The number of nitrogens with zero attached hydrogens (tertiary/aromatic N) is 3. The number of carboxylic acid groups (broad SMARTS) is 1. The maximum absolute atomic E-state index is 12.7. The Kier molecular flexibility index (Phi) is 20.2. The third kappa shape index (κ3) is 15.5. The molecule has 1 amide bonds. The van der Waals surface area contributed by atoms with E-state index < -0.39 is 5.97 Å².